The zero-order valence-electron chi connectivity index (χ0n) is 11.6. The molecule has 2 aromatic rings. The number of hydrogen-bond donors (Lipinski definition) is 2. The normalized spacial score (nSPS) is 11.8. The predicted molar refractivity (Wildman–Crippen MR) is 78.1 cm³/mol. The first-order valence-corrected chi connectivity index (χ1v) is 6.41. The van der Waals surface area contributed by atoms with Crippen molar-refractivity contribution < 1.29 is 9.53 Å². The monoisotopic (exact) mass is 270 g/mol. The molecule has 0 aliphatic carbocycles. The van der Waals surface area contributed by atoms with Crippen LogP contribution in [0.2, 0.25) is 0 Å². The number of carbonyl (C=O) groups is 1. The Morgan fingerprint density at radius 3 is 2.55 bits per heavy atom. The first-order chi connectivity index (χ1) is 9.61. The maximum atomic E-state index is 12.0. The summed E-state index contributed by atoms with van der Waals surface area (Å²) in [6.07, 6.45) is -0.761. The second-order valence-corrected chi connectivity index (χ2v) is 4.68. The molecule has 104 valence electrons. The molecule has 0 aliphatic rings. The smallest absolute Gasteiger partial charge is 0.279 e. The molecule has 1 unspecified atom stereocenters. The number of nitrogens with one attached hydrogen (secondary N) is 1. The molecule has 1 atom stereocenters. The van der Waals surface area contributed by atoms with Crippen LogP contribution in [0.1, 0.15) is 22.8 Å². The van der Waals surface area contributed by atoms with Crippen LogP contribution in [-0.4, -0.2) is 5.91 Å². The van der Waals surface area contributed by atoms with Crippen LogP contribution in [0.15, 0.2) is 48.5 Å². The van der Waals surface area contributed by atoms with Crippen molar-refractivity contribution in [3.8, 4) is 5.75 Å². The van der Waals surface area contributed by atoms with Crippen molar-refractivity contribution in [1.82, 2.24) is 5.43 Å². The van der Waals surface area contributed by atoms with Gasteiger partial charge >= 0.3 is 0 Å². The highest BCUT2D eigenvalue weighted by atomic mass is 16.5. The third-order valence-electron chi connectivity index (χ3n) is 3.09. The van der Waals surface area contributed by atoms with Crippen LogP contribution in [0.5, 0.6) is 5.75 Å². The van der Waals surface area contributed by atoms with E-state index in [-0.39, 0.29) is 5.91 Å². The Balaban J connectivity index is 2.34. The van der Waals surface area contributed by atoms with Gasteiger partial charge in [0.1, 0.15) is 5.75 Å². The number of aryl methyl sites for hydroxylation is 2. The summed E-state index contributed by atoms with van der Waals surface area (Å²) >= 11 is 0. The van der Waals surface area contributed by atoms with Crippen molar-refractivity contribution in [2.45, 2.75) is 20.0 Å². The molecule has 4 heteroatoms. The summed E-state index contributed by atoms with van der Waals surface area (Å²) in [4.78, 5) is 12.0. The first kappa shape index (κ1) is 14.1. The number of carbonyl (C=O) groups excluding carboxylic acids is 1. The number of hydrogen-bond acceptors (Lipinski definition) is 3. The minimum Gasteiger partial charge on any atom is -0.476 e. The predicted octanol–water partition coefficient (Wildman–Crippen LogP) is 2.41. The van der Waals surface area contributed by atoms with Crippen LogP contribution in [0.25, 0.3) is 0 Å². The Kier molecular flexibility index (Phi) is 4.38. The van der Waals surface area contributed by atoms with Crippen LogP contribution in [0, 0.1) is 13.8 Å². The Morgan fingerprint density at radius 1 is 1.15 bits per heavy atom. The maximum Gasteiger partial charge on any atom is 0.279 e. The van der Waals surface area contributed by atoms with Gasteiger partial charge in [-0.3, -0.25) is 10.2 Å². The molecule has 4 nitrogen and oxygen atoms in total. The van der Waals surface area contributed by atoms with Gasteiger partial charge in [-0.15, -0.1) is 0 Å². The fourth-order valence-corrected chi connectivity index (χ4v) is 2.04. The third-order valence-corrected chi connectivity index (χ3v) is 3.09. The van der Waals surface area contributed by atoms with E-state index in [1.165, 1.54) is 0 Å². The zero-order chi connectivity index (χ0) is 14.5. The summed E-state index contributed by atoms with van der Waals surface area (Å²) in [7, 11) is 0. The summed E-state index contributed by atoms with van der Waals surface area (Å²) in [6, 6.07) is 15.2. The van der Waals surface area contributed by atoms with E-state index in [9.17, 15) is 4.79 Å². The average molecular weight is 270 g/mol. The van der Waals surface area contributed by atoms with Crippen LogP contribution in [0.3, 0.4) is 0 Å². The van der Waals surface area contributed by atoms with Gasteiger partial charge in [-0.2, -0.15) is 0 Å². The lowest BCUT2D eigenvalue weighted by Crippen LogP contribution is -2.37. The van der Waals surface area contributed by atoms with Crippen molar-refractivity contribution >= 4 is 5.91 Å². The third kappa shape index (κ3) is 3.16. The van der Waals surface area contributed by atoms with E-state index in [4.69, 9.17) is 10.6 Å². The van der Waals surface area contributed by atoms with E-state index in [1.54, 1.807) is 0 Å². The maximum absolute atomic E-state index is 12.0. The molecular weight excluding hydrogens is 252 g/mol. The summed E-state index contributed by atoms with van der Waals surface area (Å²) in [5.41, 5.74) is 5.01. The molecule has 0 spiro atoms. The number of ether oxygens (including phenoxy) is 1. The number of benzene rings is 2. The first-order valence-electron chi connectivity index (χ1n) is 6.41. The summed E-state index contributed by atoms with van der Waals surface area (Å²) < 4.78 is 5.82. The van der Waals surface area contributed by atoms with Crippen LogP contribution in [-0.2, 0) is 4.79 Å². The van der Waals surface area contributed by atoms with Crippen molar-refractivity contribution in [3.63, 3.8) is 0 Å². The highest BCUT2D eigenvalue weighted by Crippen LogP contribution is 2.25. The molecule has 0 aliphatic heterocycles. The SMILES string of the molecule is Cc1cccc(OC(C(=O)NN)c2ccccc2C)c1. The van der Waals surface area contributed by atoms with Gasteiger partial charge in [-0.25, -0.2) is 5.84 Å². The molecule has 1 amide bonds. The highest BCUT2D eigenvalue weighted by molar-refractivity contribution is 5.82. The topological polar surface area (TPSA) is 64.3 Å². The Bertz CT molecular complexity index is 611. The lowest BCUT2D eigenvalue weighted by molar-refractivity contribution is -0.128. The molecule has 0 heterocycles. The minimum absolute atomic E-state index is 0.374. The molecule has 2 rings (SSSR count). The second kappa shape index (κ2) is 6.21. The van der Waals surface area contributed by atoms with E-state index in [0.717, 1.165) is 16.7 Å². The second-order valence-electron chi connectivity index (χ2n) is 4.68. The van der Waals surface area contributed by atoms with Crippen molar-refractivity contribution in [3.05, 3.63) is 65.2 Å². The molecule has 0 fully saturated rings. The fraction of sp³-hybridized carbons (Fsp3) is 0.188. The van der Waals surface area contributed by atoms with Gasteiger partial charge in [-0.05, 0) is 37.1 Å². The fourth-order valence-electron chi connectivity index (χ4n) is 2.04. The molecule has 0 bridgehead atoms. The number of rotatable bonds is 4. The number of nitrogens with two attached hydrogens (primary N) is 1. The van der Waals surface area contributed by atoms with Gasteiger partial charge in [0.15, 0.2) is 0 Å². The summed E-state index contributed by atoms with van der Waals surface area (Å²) in [5, 5.41) is 0. The average Bonchev–Trinajstić information content (AvgIpc) is 2.45. The van der Waals surface area contributed by atoms with Gasteiger partial charge in [0.25, 0.3) is 5.91 Å². The molecule has 2 aromatic carbocycles. The summed E-state index contributed by atoms with van der Waals surface area (Å²) in [5.74, 6) is 5.53. The Morgan fingerprint density at radius 2 is 1.90 bits per heavy atom. The Labute approximate surface area is 118 Å². The zero-order valence-corrected chi connectivity index (χ0v) is 11.6. The van der Waals surface area contributed by atoms with E-state index < -0.39 is 6.10 Å². The van der Waals surface area contributed by atoms with Crippen molar-refractivity contribution in [2.75, 3.05) is 0 Å². The standard InChI is InChI=1S/C16H18N2O2/c1-11-6-5-8-13(10-11)20-15(16(19)18-17)14-9-4-3-7-12(14)2/h3-10,15H,17H2,1-2H3,(H,18,19). The summed E-state index contributed by atoms with van der Waals surface area (Å²) in [6.45, 7) is 3.91. The van der Waals surface area contributed by atoms with Gasteiger partial charge in [-0.1, -0.05) is 36.4 Å². The van der Waals surface area contributed by atoms with Gasteiger partial charge in [0.2, 0.25) is 6.10 Å². The lowest BCUT2D eigenvalue weighted by atomic mass is 10.0. The van der Waals surface area contributed by atoms with Gasteiger partial charge in [0.05, 0.1) is 0 Å². The molecule has 0 saturated carbocycles. The van der Waals surface area contributed by atoms with E-state index >= 15 is 0 Å². The van der Waals surface area contributed by atoms with Crippen LogP contribution < -0.4 is 16.0 Å². The lowest BCUT2D eigenvalue weighted by Gasteiger charge is -2.19. The number of hydrazine groups is 1. The van der Waals surface area contributed by atoms with Crippen molar-refractivity contribution in [1.29, 1.82) is 0 Å². The van der Waals surface area contributed by atoms with Crippen molar-refractivity contribution in [2.24, 2.45) is 5.84 Å². The Hall–Kier alpha value is -2.33. The largest absolute Gasteiger partial charge is 0.476 e. The molecule has 3 N–H and O–H groups in total. The highest BCUT2D eigenvalue weighted by Gasteiger charge is 2.23. The molecule has 20 heavy (non-hydrogen) atoms. The molecule has 0 radical (unpaired) electrons. The van der Waals surface area contributed by atoms with E-state index in [0.29, 0.717) is 5.75 Å². The van der Waals surface area contributed by atoms with E-state index in [2.05, 4.69) is 5.43 Å². The van der Waals surface area contributed by atoms with Gasteiger partial charge < -0.3 is 4.74 Å². The molecule has 0 saturated heterocycles. The van der Waals surface area contributed by atoms with Crippen LogP contribution in [0.4, 0.5) is 0 Å². The van der Waals surface area contributed by atoms with Gasteiger partial charge in [0, 0.05) is 5.56 Å². The van der Waals surface area contributed by atoms with E-state index in [1.807, 2.05) is 62.4 Å². The van der Waals surface area contributed by atoms with Crippen LogP contribution >= 0.6 is 0 Å². The quantitative estimate of drug-likeness (QED) is 0.509. The minimum atomic E-state index is -0.761. The number of amides is 1. The molecule has 0 aromatic heterocycles. The molecular formula is C16H18N2O2.